The molecule has 1 unspecified atom stereocenters. The molecule has 0 radical (unpaired) electrons. The van der Waals surface area contributed by atoms with Crippen molar-refractivity contribution in [2.24, 2.45) is 12.8 Å². The molecule has 1 saturated heterocycles. The Labute approximate surface area is 109 Å². The van der Waals surface area contributed by atoms with Crippen LogP contribution in [0.1, 0.15) is 31.1 Å². The summed E-state index contributed by atoms with van der Waals surface area (Å²) >= 11 is 0. The maximum Gasteiger partial charge on any atom is 0.0645 e. The molecule has 0 aliphatic carbocycles. The zero-order valence-corrected chi connectivity index (χ0v) is 11.8. The fourth-order valence-corrected chi connectivity index (χ4v) is 2.82. The van der Waals surface area contributed by atoms with Crippen LogP contribution in [-0.4, -0.2) is 46.5 Å². The van der Waals surface area contributed by atoms with Gasteiger partial charge in [0.05, 0.1) is 24.9 Å². The Kier molecular flexibility index (Phi) is 3.75. The highest BCUT2D eigenvalue weighted by molar-refractivity contribution is 5.21. The van der Waals surface area contributed by atoms with Crippen LogP contribution in [-0.2, 0) is 11.8 Å². The molecule has 1 aromatic rings. The van der Waals surface area contributed by atoms with Crippen LogP contribution in [0.5, 0.6) is 0 Å². The largest absolute Gasteiger partial charge is 0.378 e. The van der Waals surface area contributed by atoms with Crippen molar-refractivity contribution in [1.82, 2.24) is 14.7 Å². The van der Waals surface area contributed by atoms with Crippen molar-refractivity contribution in [3.05, 3.63) is 17.5 Å². The fraction of sp³-hybridized carbons (Fsp3) is 0.769. The van der Waals surface area contributed by atoms with Gasteiger partial charge in [0.25, 0.3) is 0 Å². The SMILES string of the molecule is Cc1nn(C)cc1C(CN)N1CCOCC1(C)C. The molecule has 0 aromatic carbocycles. The van der Waals surface area contributed by atoms with Crippen molar-refractivity contribution in [2.75, 3.05) is 26.3 Å². The summed E-state index contributed by atoms with van der Waals surface area (Å²) in [5, 5.41) is 4.43. The van der Waals surface area contributed by atoms with Gasteiger partial charge in [-0.15, -0.1) is 0 Å². The number of hydrogen-bond donors (Lipinski definition) is 1. The summed E-state index contributed by atoms with van der Waals surface area (Å²) < 4.78 is 7.44. The zero-order chi connectivity index (χ0) is 13.3. The van der Waals surface area contributed by atoms with E-state index in [1.807, 2.05) is 18.7 Å². The van der Waals surface area contributed by atoms with Crippen molar-refractivity contribution >= 4 is 0 Å². The van der Waals surface area contributed by atoms with Gasteiger partial charge < -0.3 is 10.5 Å². The van der Waals surface area contributed by atoms with E-state index >= 15 is 0 Å². The van der Waals surface area contributed by atoms with Crippen LogP contribution in [0.4, 0.5) is 0 Å². The maximum absolute atomic E-state index is 6.02. The number of aromatic nitrogens is 2. The summed E-state index contributed by atoms with van der Waals surface area (Å²) in [5.41, 5.74) is 8.33. The minimum Gasteiger partial charge on any atom is -0.378 e. The van der Waals surface area contributed by atoms with E-state index in [0.29, 0.717) is 6.54 Å². The smallest absolute Gasteiger partial charge is 0.0645 e. The van der Waals surface area contributed by atoms with Gasteiger partial charge in [-0.1, -0.05) is 0 Å². The Hall–Kier alpha value is -0.910. The first kappa shape index (κ1) is 13.5. The lowest BCUT2D eigenvalue weighted by Crippen LogP contribution is -2.55. The number of ether oxygens (including phenoxy) is 1. The maximum atomic E-state index is 6.02. The van der Waals surface area contributed by atoms with Gasteiger partial charge in [0, 0.05) is 37.4 Å². The number of nitrogens with two attached hydrogens (primary N) is 1. The lowest BCUT2D eigenvalue weighted by molar-refractivity contribution is -0.0713. The van der Waals surface area contributed by atoms with Gasteiger partial charge in [0.1, 0.15) is 0 Å². The molecule has 1 aliphatic rings. The highest BCUT2D eigenvalue weighted by Crippen LogP contribution is 2.31. The topological polar surface area (TPSA) is 56.3 Å². The molecule has 0 spiro atoms. The van der Waals surface area contributed by atoms with Crippen molar-refractivity contribution < 1.29 is 4.74 Å². The highest BCUT2D eigenvalue weighted by atomic mass is 16.5. The summed E-state index contributed by atoms with van der Waals surface area (Å²) in [6.45, 7) is 9.52. The normalized spacial score (nSPS) is 22.1. The van der Waals surface area contributed by atoms with E-state index in [-0.39, 0.29) is 11.6 Å². The van der Waals surface area contributed by atoms with Gasteiger partial charge in [0.2, 0.25) is 0 Å². The summed E-state index contributed by atoms with van der Waals surface area (Å²) in [6.07, 6.45) is 2.08. The number of morpholine rings is 1. The minimum atomic E-state index is 0.0184. The molecular weight excluding hydrogens is 228 g/mol. The van der Waals surface area contributed by atoms with Gasteiger partial charge in [-0.3, -0.25) is 9.58 Å². The summed E-state index contributed by atoms with van der Waals surface area (Å²) in [7, 11) is 1.95. The van der Waals surface area contributed by atoms with Gasteiger partial charge >= 0.3 is 0 Å². The Bertz CT molecular complexity index is 413. The molecule has 2 heterocycles. The second kappa shape index (κ2) is 4.99. The third kappa shape index (κ3) is 2.43. The van der Waals surface area contributed by atoms with Crippen LogP contribution in [0, 0.1) is 6.92 Å². The lowest BCUT2D eigenvalue weighted by atomic mass is 9.96. The molecule has 1 fully saturated rings. The molecule has 0 saturated carbocycles. The molecule has 1 atom stereocenters. The van der Waals surface area contributed by atoms with Crippen LogP contribution < -0.4 is 5.73 Å². The molecule has 0 bridgehead atoms. The van der Waals surface area contributed by atoms with Gasteiger partial charge in [-0.2, -0.15) is 5.10 Å². The van der Waals surface area contributed by atoms with Crippen LogP contribution in [0.2, 0.25) is 0 Å². The highest BCUT2D eigenvalue weighted by Gasteiger charge is 2.36. The fourth-order valence-electron chi connectivity index (χ4n) is 2.82. The standard InChI is InChI=1S/C13H24N4O/c1-10-11(8-16(4)15-10)12(7-14)17-5-6-18-9-13(17,2)3/h8,12H,5-7,9,14H2,1-4H3. The first-order chi connectivity index (χ1) is 8.45. The Morgan fingerprint density at radius 1 is 1.56 bits per heavy atom. The van der Waals surface area contributed by atoms with Crippen molar-refractivity contribution in [3.8, 4) is 0 Å². The van der Waals surface area contributed by atoms with E-state index in [4.69, 9.17) is 10.5 Å². The van der Waals surface area contributed by atoms with E-state index in [2.05, 4.69) is 30.0 Å². The second-order valence-corrected chi connectivity index (χ2v) is 5.65. The summed E-state index contributed by atoms with van der Waals surface area (Å²) in [5.74, 6) is 0. The Balaban J connectivity index is 2.30. The van der Waals surface area contributed by atoms with Crippen molar-refractivity contribution in [1.29, 1.82) is 0 Å². The Morgan fingerprint density at radius 2 is 2.28 bits per heavy atom. The Morgan fingerprint density at radius 3 is 2.78 bits per heavy atom. The molecule has 1 aromatic heterocycles. The van der Waals surface area contributed by atoms with Crippen LogP contribution >= 0.6 is 0 Å². The molecule has 5 nitrogen and oxygen atoms in total. The minimum absolute atomic E-state index is 0.0184. The van der Waals surface area contributed by atoms with Crippen molar-refractivity contribution in [2.45, 2.75) is 32.4 Å². The van der Waals surface area contributed by atoms with E-state index in [1.54, 1.807) is 0 Å². The summed E-state index contributed by atoms with van der Waals surface area (Å²) in [4.78, 5) is 2.44. The first-order valence-corrected chi connectivity index (χ1v) is 6.50. The summed E-state index contributed by atoms with van der Waals surface area (Å²) in [6, 6.07) is 0.220. The van der Waals surface area contributed by atoms with E-state index < -0.39 is 0 Å². The number of rotatable bonds is 3. The van der Waals surface area contributed by atoms with Crippen LogP contribution in [0.15, 0.2) is 6.20 Å². The quantitative estimate of drug-likeness (QED) is 0.866. The van der Waals surface area contributed by atoms with Gasteiger partial charge in [-0.25, -0.2) is 0 Å². The van der Waals surface area contributed by atoms with E-state index in [9.17, 15) is 0 Å². The van der Waals surface area contributed by atoms with Crippen LogP contribution in [0.3, 0.4) is 0 Å². The molecule has 0 amide bonds. The van der Waals surface area contributed by atoms with Gasteiger partial charge in [-0.05, 0) is 20.8 Å². The lowest BCUT2D eigenvalue weighted by Gasteiger charge is -2.46. The predicted octanol–water partition coefficient (Wildman–Crippen LogP) is 0.839. The average molecular weight is 252 g/mol. The molecule has 2 rings (SSSR count). The van der Waals surface area contributed by atoms with Gasteiger partial charge in [0.15, 0.2) is 0 Å². The van der Waals surface area contributed by atoms with E-state index in [1.165, 1.54) is 5.56 Å². The number of nitrogens with zero attached hydrogens (tertiary/aromatic N) is 3. The third-order valence-electron chi connectivity index (χ3n) is 3.72. The molecule has 102 valence electrons. The van der Waals surface area contributed by atoms with Crippen molar-refractivity contribution in [3.63, 3.8) is 0 Å². The molecular formula is C13H24N4O. The molecule has 2 N–H and O–H groups in total. The van der Waals surface area contributed by atoms with E-state index in [0.717, 1.165) is 25.5 Å². The molecule has 1 aliphatic heterocycles. The monoisotopic (exact) mass is 252 g/mol. The first-order valence-electron chi connectivity index (χ1n) is 6.50. The average Bonchev–Trinajstić information content (AvgIpc) is 2.61. The van der Waals surface area contributed by atoms with Crippen LogP contribution in [0.25, 0.3) is 0 Å². The zero-order valence-electron chi connectivity index (χ0n) is 11.8. The second-order valence-electron chi connectivity index (χ2n) is 5.65. The number of hydrogen-bond acceptors (Lipinski definition) is 4. The third-order valence-corrected chi connectivity index (χ3v) is 3.72. The number of aryl methyl sites for hydroxylation is 2. The predicted molar refractivity (Wildman–Crippen MR) is 71.3 cm³/mol. The molecule has 5 heteroatoms. The molecule has 18 heavy (non-hydrogen) atoms.